The Morgan fingerprint density at radius 1 is 1.08 bits per heavy atom. The Balaban J connectivity index is 1.85. The quantitative estimate of drug-likeness (QED) is 0.756. The summed E-state index contributed by atoms with van der Waals surface area (Å²) in [6.45, 7) is 0. The van der Waals surface area contributed by atoms with Crippen LogP contribution in [0.4, 0.5) is 5.69 Å². The number of carbonyl (C=O) groups is 2. The van der Waals surface area contributed by atoms with Crippen LogP contribution < -0.4 is 4.90 Å². The van der Waals surface area contributed by atoms with Crippen molar-refractivity contribution in [2.75, 3.05) is 4.90 Å². The van der Waals surface area contributed by atoms with Crippen molar-refractivity contribution in [2.24, 2.45) is 0 Å². The average Bonchev–Trinajstić information content (AvgIpc) is 2.62. The van der Waals surface area contributed by atoms with Crippen molar-refractivity contribution in [3.63, 3.8) is 0 Å². The number of rotatable bonds is 2. The minimum absolute atomic E-state index is 0.0226. The summed E-state index contributed by atoms with van der Waals surface area (Å²) in [7, 11) is 0. The molecule has 0 N–H and O–H groups in total. The molecule has 1 aliphatic carbocycles. The number of halogens is 1. The molecule has 2 aromatic rings. The van der Waals surface area contributed by atoms with E-state index in [1.807, 2.05) is 36.4 Å². The SMILES string of the molecule is O=C1CCCC2=C1C(c1ccc(Br)cc1)CC(=O)N2c1cccnc1. The van der Waals surface area contributed by atoms with Gasteiger partial charge in [0.15, 0.2) is 5.78 Å². The van der Waals surface area contributed by atoms with Crippen LogP contribution in [-0.4, -0.2) is 16.7 Å². The van der Waals surface area contributed by atoms with Gasteiger partial charge >= 0.3 is 0 Å². The van der Waals surface area contributed by atoms with E-state index in [1.165, 1.54) is 0 Å². The van der Waals surface area contributed by atoms with Gasteiger partial charge in [-0.05, 0) is 42.7 Å². The number of aromatic nitrogens is 1. The summed E-state index contributed by atoms with van der Waals surface area (Å²) in [4.78, 5) is 31.5. The van der Waals surface area contributed by atoms with Crippen LogP contribution in [0.5, 0.6) is 0 Å². The van der Waals surface area contributed by atoms with Gasteiger partial charge < -0.3 is 0 Å². The summed E-state index contributed by atoms with van der Waals surface area (Å²) in [5.41, 5.74) is 3.42. The van der Waals surface area contributed by atoms with E-state index in [1.54, 1.807) is 17.3 Å². The first-order valence-electron chi connectivity index (χ1n) is 8.40. The van der Waals surface area contributed by atoms with Gasteiger partial charge in [0, 0.05) is 40.7 Å². The third-order valence-corrected chi connectivity index (χ3v) is 5.38. The lowest BCUT2D eigenvalue weighted by Crippen LogP contribution is -2.40. The summed E-state index contributed by atoms with van der Waals surface area (Å²) in [6, 6.07) is 11.6. The second kappa shape index (κ2) is 6.56. The summed E-state index contributed by atoms with van der Waals surface area (Å²) in [5.74, 6) is 0.0289. The van der Waals surface area contributed by atoms with Crippen LogP contribution in [0.2, 0.25) is 0 Å². The van der Waals surface area contributed by atoms with E-state index < -0.39 is 0 Å². The van der Waals surface area contributed by atoms with Gasteiger partial charge in [0.1, 0.15) is 0 Å². The molecular weight excluding hydrogens is 380 g/mol. The molecule has 1 aliphatic heterocycles. The molecule has 5 heteroatoms. The molecule has 0 bridgehead atoms. The molecule has 1 aromatic carbocycles. The lowest BCUT2D eigenvalue weighted by molar-refractivity contribution is -0.119. The van der Waals surface area contributed by atoms with Gasteiger partial charge in [-0.3, -0.25) is 19.5 Å². The number of anilines is 1. The highest BCUT2D eigenvalue weighted by Crippen LogP contribution is 2.43. The third-order valence-electron chi connectivity index (χ3n) is 4.85. The lowest BCUT2D eigenvalue weighted by Gasteiger charge is -2.38. The molecule has 1 amide bonds. The predicted molar refractivity (Wildman–Crippen MR) is 99.1 cm³/mol. The van der Waals surface area contributed by atoms with Crippen LogP contribution in [-0.2, 0) is 9.59 Å². The van der Waals surface area contributed by atoms with Gasteiger partial charge in [0.25, 0.3) is 0 Å². The number of nitrogens with zero attached hydrogens (tertiary/aromatic N) is 2. The fraction of sp³-hybridized carbons (Fsp3) is 0.250. The zero-order chi connectivity index (χ0) is 17.4. The number of benzene rings is 1. The van der Waals surface area contributed by atoms with Crippen molar-refractivity contribution in [2.45, 2.75) is 31.6 Å². The molecule has 0 radical (unpaired) electrons. The summed E-state index contributed by atoms with van der Waals surface area (Å²) >= 11 is 3.44. The second-order valence-electron chi connectivity index (χ2n) is 6.39. The van der Waals surface area contributed by atoms with Gasteiger partial charge in [-0.2, -0.15) is 0 Å². The van der Waals surface area contributed by atoms with E-state index in [2.05, 4.69) is 20.9 Å². The largest absolute Gasteiger partial charge is 0.294 e. The van der Waals surface area contributed by atoms with E-state index in [0.29, 0.717) is 12.8 Å². The molecule has 1 atom stereocenters. The minimum Gasteiger partial charge on any atom is -0.294 e. The predicted octanol–water partition coefficient (Wildman–Crippen LogP) is 4.37. The monoisotopic (exact) mass is 396 g/mol. The van der Waals surface area contributed by atoms with Crippen LogP contribution in [0.15, 0.2) is 64.5 Å². The molecule has 4 rings (SSSR count). The molecule has 0 spiro atoms. The number of hydrogen-bond acceptors (Lipinski definition) is 3. The Labute approximate surface area is 154 Å². The average molecular weight is 397 g/mol. The van der Waals surface area contributed by atoms with E-state index in [4.69, 9.17) is 0 Å². The normalized spacial score (nSPS) is 20.7. The summed E-state index contributed by atoms with van der Waals surface area (Å²) < 4.78 is 0.986. The maximum absolute atomic E-state index is 13.0. The van der Waals surface area contributed by atoms with E-state index in [9.17, 15) is 9.59 Å². The van der Waals surface area contributed by atoms with E-state index in [0.717, 1.165) is 39.8 Å². The van der Waals surface area contributed by atoms with Gasteiger partial charge in [-0.15, -0.1) is 0 Å². The van der Waals surface area contributed by atoms with Crippen LogP contribution in [0.25, 0.3) is 0 Å². The molecule has 2 aliphatic rings. The Bertz CT molecular complexity index is 859. The van der Waals surface area contributed by atoms with Crippen LogP contribution in [0.1, 0.15) is 37.2 Å². The first-order chi connectivity index (χ1) is 12.1. The summed E-state index contributed by atoms with van der Waals surface area (Å²) in [5, 5.41) is 0. The van der Waals surface area contributed by atoms with Crippen LogP contribution in [0.3, 0.4) is 0 Å². The van der Waals surface area contributed by atoms with Crippen LogP contribution >= 0.6 is 15.9 Å². The number of hydrogen-bond donors (Lipinski definition) is 0. The summed E-state index contributed by atoms with van der Waals surface area (Å²) in [6.07, 6.45) is 5.76. The molecule has 1 unspecified atom stereocenters. The van der Waals surface area contributed by atoms with Crippen molar-refractivity contribution >= 4 is 33.3 Å². The molecule has 0 saturated carbocycles. The van der Waals surface area contributed by atoms with Gasteiger partial charge in [-0.25, -0.2) is 0 Å². The number of ketones is 1. The standard InChI is InChI=1S/C20H17BrN2O2/c21-14-8-6-13(7-9-14)16-11-19(25)23(15-3-2-10-22-12-15)17-4-1-5-18(24)20(16)17/h2-3,6-10,12,16H,1,4-5,11H2. The first kappa shape index (κ1) is 16.2. The number of allylic oxidation sites excluding steroid dienone is 2. The number of Topliss-reactive ketones (excluding diaryl/α,β-unsaturated/α-hetero) is 1. The fourth-order valence-corrected chi connectivity index (χ4v) is 4.02. The topological polar surface area (TPSA) is 50.3 Å². The first-order valence-corrected chi connectivity index (χ1v) is 9.19. The zero-order valence-corrected chi connectivity index (χ0v) is 15.2. The van der Waals surface area contributed by atoms with Crippen molar-refractivity contribution < 1.29 is 9.59 Å². The second-order valence-corrected chi connectivity index (χ2v) is 7.30. The smallest absolute Gasteiger partial charge is 0.232 e. The molecule has 2 heterocycles. The van der Waals surface area contributed by atoms with Crippen molar-refractivity contribution in [1.29, 1.82) is 0 Å². The molecule has 4 nitrogen and oxygen atoms in total. The Morgan fingerprint density at radius 3 is 2.60 bits per heavy atom. The Hall–Kier alpha value is -2.27. The third kappa shape index (κ3) is 2.93. The molecule has 126 valence electrons. The van der Waals surface area contributed by atoms with Gasteiger partial charge in [-0.1, -0.05) is 28.1 Å². The van der Waals surface area contributed by atoms with Crippen molar-refractivity contribution in [1.82, 2.24) is 4.98 Å². The van der Waals surface area contributed by atoms with E-state index in [-0.39, 0.29) is 17.6 Å². The maximum atomic E-state index is 13.0. The Kier molecular flexibility index (Phi) is 4.25. The fourth-order valence-electron chi connectivity index (χ4n) is 3.76. The van der Waals surface area contributed by atoms with E-state index >= 15 is 0 Å². The number of amides is 1. The van der Waals surface area contributed by atoms with Crippen molar-refractivity contribution in [3.8, 4) is 0 Å². The highest BCUT2D eigenvalue weighted by molar-refractivity contribution is 9.10. The zero-order valence-electron chi connectivity index (χ0n) is 13.6. The Morgan fingerprint density at radius 2 is 1.88 bits per heavy atom. The number of carbonyl (C=O) groups excluding carboxylic acids is 2. The highest BCUT2D eigenvalue weighted by Gasteiger charge is 2.39. The highest BCUT2D eigenvalue weighted by atomic mass is 79.9. The molecular formula is C20H17BrN2O2. The van der Waals surface area contributed by atoms with Gasteiger partial charge in [0.05, 0.1) is 11.9 Å². The molecule has 0 fully saturated rings. The minimum atomic E-state index is -0.156. The molecule has 0 saturated heterocycles. The van der Waals surface area contributed by atoms with Crippen molar-refractivity contribution in [3.05, 3.63) is 70.1 Å². The number of pyridine rings is 1. The lowest BCUT2D eigenvalue weighted by atomic mass is 9.77. The maximum Gasteiger partial charge on any atom is 0.232 e. The molecule has 1 aromatic heterocycles. The molecule has 25 heavy (non-hydrogen) atoms. The van der Waals surface area contributed by atoms with Gasteiger partial charge in [0.2, 0.25) is 5.91 Å². The van der Waals surface area contributed by atoms with Crippen LogP contribution in [0, 0.1) is 0 Å².